The Morgan fingerprint density at radius 2 is 1.44 bits per heavy atom. The lowest BCUT2D eigenvalue weighted by molar-refractivity contribution is 0.223. The van der Waals surface area contributed by atoms with Crippen LogP contribution >= 0.6 is 23.2 Å². The number of benzene rings is 2. The fraction of sp³-hybridized carbons (Fsp3) is 0.429. The third-order valence-electron chi connectivity index (χ3n) is 5.02. The monoisotopic (exact) mass is 377 g/mol. The van der Waals surface area contributed by atoms with Gasteiger partial charge in [0.1, 0.15) is 16.7 Å². The number of alkyl halides is 2. The van der Waals surface area contributed by atoms with Crippen molar-refractivity contribution < 1.29 is 4.74 Å². The Hall–Kier alpha value is -1.22. The number of hydrogen-bond acceptors (Lipinski definition) is 2. The highest BCUT2D eigenvalue weighted by atomic mass is 35.5. The Morgan fingerprint density at radius 1 is 0.880 bits per heavy atom. The van der Waals surface area contributed by atoms with Crippen molar-refractivity contribution in [1.82, 2.24) is 4.90 Å². The molecule has 0 unspecified atom stereocenters. The maximum absolute atomic E-state index is 6.56. The summed E-state index contributed by atoms with van der Waals surface area (Å²) in [5.74, 6) is 1.16. The van der Waals surface area contributed by atoms with E-state index in [0.29, 0.717) is 6.61 Å². The second-order valence-electron chi connectivity index (χ2n) is 6.48. The molecular formula is C21H25Cl2NO. The molecule has 2 aromatic carbocycles. The number of halogens is 2. The van der Waals surface area contributed by atoms with Crippen LogP contribution < -0.4 is 4.74 Å². The van der Waals surface area contributed by atoms with Crippen LogP contribution in [-0.4, -0.2) is 35.5 Å². The Bertz CT molecular complexity index is 668. The van der Waals surface area contributed by atoms with Gasteiger partial charge in [-0.25, -0.2) is 0 Å². The van der Waals surface area contributed by atoms with E-state index < -0.39 is 4.33 Å². The Kier molecular flexibility index (Phi) is 5.93. The minimum Gasteiger partial charge on any atom is -0.492 e. The summed E-state index contributed by atoms with van der Waals surface area (Å²) in [7, 11) is 0. The SMILES string of the molecule is CCN(CC)CCOc1ccc([C@H]2[C@@H](c3ccccc3)C2(Cl)Cl)cc1. The quantitative estimate of drug-likeness (QED) is 0.566. The standard InChI is InChI=1S/C21H25Cl2NO/c1-3-24(4-2)14-15-25-18-12-10-17(11-13-18)20-19(21(20,22)23)16-8-6-5-7-9-16/h5-13,19-20H,3-4,14-15H2,1-2H3/t19-,20+/m1/s1. The van der Waals surface area contributed by atoms with E-state index >= 15 is 0 Å². The van der Waals surface area contributed by atoms with Crippen LogP contribution in [0.1, 0.15) is 36.8 Å². The van der Waals surface area contributed by atoms with Gasteiger partial charge in [0.15, 0.2) is 0 Å². The molecule has 0 N–H and O–H groups in total. The molecule has 1 saturated carbocycles. The third-order valence-corrected chi connectivity index (χ3v) is 5.96. The van der Waals surface area contributed by atoms with Crippen molar-refractivity contribution in [3.05, 3.63) is 65.7 Å². The van der Waals surface area contributed by atoms with Crippen LogP contribution in [0.4, 0.5) is 0 Å². The van der Waals surface area contributed by atoms with E-state index in [-0.39, 0.29) is 11.8 Å². The minimum atomic E-state index is -0.730. The van der Waals surface area contributed by atoms with Crippen molar-refractivity contribution in [1.29, 1.82) is 0 Å². The van der Waals surface area contributed by atoms with E-state index in [4.69, 9.17) is 27.9 Å². The topological polar surface area (TPSA) is 12.5 Å². The molecule has 0 saturated heterocycles. The molecule has 4 heteroatoms. The number of nitrogens with zero attached hydrogens (tertiary/aromatic N) is 1. The van der Waals surface area contributed by atoms with Gasteiger partial charge in [-0.15, -0.1) is 23.2 Å². The van der Waals surface area contributed by atoms with Gasteiger partial charge in [0.2, 0.25) is 0 Å². The first-order chi connectivity index (χ1) is 12.1. The minimum absolute atomic E-state index is 0.128. The van der Waals surface area contributed by atoms with Gasteiger partial charge in [-0.05, 0) is 36.3 Å². The average molecular weight is 378 g/mol. The molecule has 1 fully saturated rings. The molecule has 2 atom stereocenters. The molecule has 0 radical (unpaired) electrons. The van der Waals surface area contributed by atoms with Crippen LogP contribution in [0.2, 0.25) is 0 Å². The molecule has 2 nitrogen and oxygen atoms in total. The highest BCUT2D eigenvalue weighted by Crippen LogP contribution is 2.70. The van der Waals surface area contributed by atoms with E-state index in [9.17, 15) is 0 Å². The molecule has 0 aromatic heterocycles. The van der Waals surface area contributed by atoms with Gasteiger partial charge in [0.05, 0.1) is 0 Å². The second-order valence-corrected chi connectivity index (χ2v) is 7.93. The normalized spacial score (nSPS) is 21.3. The molecule has 0 bridgehead atoms. The zero-order chi connectivity index (χ0) is 17.9. The number of hydrogen-bond donors (Lipinski definition) is 0. The number of rotatable bonds is 8. The van der Waals surface area contributed by atoms with Crippen molar-refractivity contribution >= 4 is 23.2 Å². The molecule has 25 heavy (non-hydrogen) atoms. The van der Waals surface area contributed by atoms with E-state index in [2.05, 4.69) is 43.0 Å². The van der Waals surface area contributed by atoms with E-state index in [1.165, 1.54) is 5.56 Å². The summed E-state index contributed by atoms with van der Waals surface area (Å²) in [5.41, 5.74) is 2.35. The van der Waals surface area contributed by atoms with Gasteiger partial charge in [-0.1, -0.05) is 56.3 Å². The summed E-state index contributed by atoms with van der Waals surface area (Å²) < 4.78 is 5.12. The molecule has 0 heterocycles. The summed E-state index contributed by atoms with van der Waals surface area (Å²) in [6.45, 7) is 8.08. The summed E-state index contributed by atoms with van der Waals surface area (Å²) >= 11 is 13.1. The summed E-state index contributed by atoms with van der Waals surface area (Å²) in [6, 6.07) is 18.4. The van der Waals surface area contributed by atoms with Crippen LogP contribution in [-0.2, 0) is 0 Å². The van der Waals surface area contributed by atoms with Gasteiger partial charge in [-0.3, -0.25) is 0 Å². The molecule has 1 aliphatic carbocycles. The predicted octanol–water partition coefficient (Wildman–Crippen LogP) is 5.46. The van der Waals surface area contributed by atoms with Crippen LogP contribution in [0.3, 0.4) is 0 Å². The lowest BCUT2D eigenvalue weighted by Crippen LogP contribution is -2.27. The predicted molar refractivity (Wildman–Crippen MR) is 106 cm³/mol. The molecule has 3 rings (SSSR count). The second kappa shape index (κ2) is 7.99. The van der Waals surface area contributed by atoms with Crippen molar-refractivity contribution in [2.45, 2.75) is 30.0 Å². The van der Waals surface area contributed by atoms with Crippen LogP contribution in [0.25, 0.3) is 0 Å². The lowest BCUT2D eigenvalue weighted by atomic mass is 10.0. The number of ether oxygens (including phenoxy) is 1. The number of likely N-dealkylation sites (N-methyl/N-ethyl adjacent to an activating group) is 1. The summed E-state index contributed by atoms with van der Waals surface area (Å²) in [5, 5.41) is 0. The van der Waals surface area contributed by atoms with E-state index in [1.807, 2.05) is 30.3 Å². The fourth-order valence-corrected chi connectivity index (χ4v) is 4.30. The van der Waals surface area contributed by atoms with Gasteiger partial charge < -0.3 is 9.64 Å². The largest absolute Gasteiger partial charge is 0.492 e. The van der Waals surface area contributed by atoms with Crippen LogP contribution in [0.15, 0.2) is 54.6 Å². The Morgan fingerprint density at radius 3 is 2.00 bits per heavy atom. The molecule has 1 aliphatic rings. The molecule has 0 spiro atoms. The first-order valence-corrected chi connectivity index (χ1v) is 9.71. The molecule has 2 aromatic rings. The van der Waals surface area contributed by atoms with Crippen molar-refractivity contribution in [2.75, 3.05) is 26.2 Å². The summed E-state index contributed by atoms with van der Waals surface area (Å²) in [4.78, 5) is 2.35. The molecule has 0 amide bonds. The van der Waals surface area contributed by atoms with E-state index in [0.717, 1.165) is 30.9 Å². The first kappa shape index (κ1) is 18.6. The van der Waals surface area contributed by atoms with Gasteiger partial charge >= 0.3 is 0 Å². The Balaban J connectivity index is 1.61. The highest BCUT2D eigenvalue weighted by Gasteiger charge is 2.64. The molecule has 0 aliphatic heterocycles. The van der Waals surface area contributed by atoms with Crippen LogP contribution in [0.5, 0.6) is 5.75 Å². The smallest absolute Gasteiger partial charge is 0.133 e. The fourth-order valence-electron chi connectivity index (χ4n) is 3.42. The maximum atomic E-state index is 6.56. The highest BCUT2D eigenvalue weighted by molar-refractivity contribution is 6.52. The van der Waals surface area contributed by atoms with Gasteiger partial charge in [0, 0.05) is 18.4 Å². The zero-order valence-corrected chi connectivity index (χ0v) is 16.3. The van der Waals surface area contributed by atoms with Crippen molar-refractivity contribution in [2.24, 2.45) is 0 Å². The molecular weight excluding hydrogens is 353 g/mol. The average Bonchev–Trinajstić information content (AvgIpc) is 3.22. The zero-order valence-electron chi connectivity index (χ0n) is 14.8. The van der Waals surface area contributed by atoms with Crippen LogP contribution in [0, 0.1) is 0 Å². The lowest BCUT2D eigenvalue weighted by Gasteiger charge is -2.18. The third kappa shape index (κ3) is 4.13. The first-order valence-electron chi connectivity index (χ1n) is 8.95. The van der Waals surface area contributed by atoms with Gasteiger partial charge in [0.25, 0.3) is 0 Å². The van der Waals surface area contributed by atoms with Crippen molar-refractivity contribution in [3.8, 4) is 5.75 Å². The van der Waals surface area contributed by atoms with E-state index in [1.54, 1.807) is 0 Å². The van der Waals surface area contributed by atoms with Crippen molar-refractivity contribution in [3.63, 3.8) is 0 Å². The Labute approximate surface area is 160 Å². The van der Waals surface area contributed by atoms with Gasteiger partial charge in [-0.2, -0.15) is 0 Å². The summed E-state index contributed by atoms with van der Waals surface area (Å²) in [6.07, 6.45) is 0. The molecule has 134 valence electrons. The maximum Gasteiger partial charge on any atom is 0.133 e.